The number of para-hydroxylation sites is 1. The lowest BCUT2D eigenvalue weighted by Gasteiger charge is -2.42. The molecule has 5 heteroatoms. The number of fused-ring (bicyclic) bond motifs is 1. The number of amides is 2. The van der Waals surface area contributed by atoms with Crippen LogP contribution in [-0.4, -0.2) is 23.3 Å². The third-order valence-electron chi connectivity index (χ3n) is 5.52. The molecule has 0 saturated carbocycles. The molecule has 1 N–H and O–H groups in total. The van der Waals surface area contributed by atoms with Crippen molar-refractivity contribution in [2.24, 2.45) is 5.92 Å². The van der Waals surface area contributed by atoms with Crippen molar-refractivity contribution >= 4 is 28.8 Å². The smallest absolute Gasteiger partial charge is 0.254 e. The van der Waals surface area contributed by atoms with Gasteiger partial charge in [-0.2, -0.15) is 0 Å². The van der Waals surface area contributed by atoms with Crippen LogP contribution in [0.4, 0.5) is 5.69 Å². The number of benzene rings is 2. The molecule has 2 atom stereocenters. The molecule has 0 fully saturated rings. The molecule has 2 amide bonds. The summed E-state index contributed by atoms with van der Waals surface area (Å²) in [7, 11) is 0. The van der Waals surface area contributed by atoms with Crippen molar-refractivity contribution in [2.75, 3.05) is 11.9 Å². The number of hydrogen-bond donors (Lipinski definition) is 1. The number of aryl methyl sites for hydroxylation is 1. The Bertz CT molecular complexity index is 1060. The van der Waals surface area contributed by atoms with Crippen molar-refractivity contribution < 1.29 is 9.59 Å². The summed E-state index contributed by atoms with van der Waals surface area (Å²) in [5.41, 5.74) is 3.23. The van der Waals surface area contributed by atoms with Gasteiger partial charge in [0.05, 0.1) is 12.0 Å². The number of anilines is 1. The van der Waals surface area contributed by atoms with E-state index in [1.54, 1.807) is 11.3 Å². The Morgan fingerprint density at radius 2 is 1.80 bits per heavy atom. The van der Waals surface area contributed by atoms with Gasteiger partial charge in [0.25, 0.3) is 5.91 Å². The average molecular weight is 419 g/mol. The van der Waals surface area contributed by atoms with Crippen molar-refractivity contribution in [3.05, 3.63) is 87.6 Å². The molecule has 0 radical (unpaired) electrons. The van der Waals surface area contributed by atoms with Gasteiger partial charge in [0.15, 0.2) is 0 Å². The lowest BCUT2D eigenvalue weighted by atomic mass is 9.81. The quantitative estimate of drug-likeness (QED) is 0.584. The average Bonchev–Trinajstić information content (AvgIpc) is 3.25. The van der Waals surface area contributed by atoms with Crippen LogP contribution >= 0.6 is 11.3 Å². The van der Waals surface area contributed by atoms with Gasteiger partial charge >= 0.3 is 0 Å². The molecule has 0 saturated heterocycles. The van der Waals surface area contributed by atoms with Gasteiger partial charge in [0, 0.05) is 22.7 Å². The van der Waals surface area contributed by atoms with E-state index in [4.69, 9.17) is 0 Å². The molecule has 1 aromatic heterocycles. The summed E-state index contributed by atoms with van der Waals surface area (Å²) < 4.78 is 0. The highest BCUT2D eigenvalue weighted by atomic mass is 32.1. The molecule has 154 valence electrons. The van der Waals surface area contributed by atoms with Crippen LogP contribution in [0.3, 0.4) is 0 Å². The van der Waals surface area contributed by atoms with Crippen molar-refractivity contribution in [1.29, 1.82) is 0 Å². The van der Waals surface area contributed by atoms with Gasteiger partial charge in [-0.05, 0) is 47.5 Å². The number of nitrogens with zero attached hydrogens (tertiary/aromatic N) is 1. The number of hydrogen-bond acceptors (Lipinski definition) is 3. The van der Waals surface area contributed by atoms with Gasteiger partial charge < -0.3 is 10.2 Å². The van der Waals surface area contributed by atoms with Gasteiger partial charge in [-0.25, -0.2) is 0 Å². The molecule has 2 heterocycles. The summed E-state index contributed by atoms with van der Waals surface area (Å²) in [6, 6.07) is 19.0. The third-order valence-corrected chi connectivity index (χ3v) is 6.46. The third kappa shape index (κ3) is 3.77. The molecule has 1 aliphatic rings. The Hall–Kier alpha value is -2.92. The maximum absolute atomic E-state index is 13.7. The fourth-order valence-electron chi connectivity index (χ4n) is 4.17. The van der Waals surface area contributed by atoms with Gasteiger partial charge in [0.2, 0.25) is 5.91 Å². The van der Waals surface area contributed by atoms with E-state index < -0.39 is 5.92 Å². The van der Waals surface area contributed by atoms with E-state index in [0.717, 1.165) is 21.7 Å². The zero-order valence-electron chi connectivity index (χ0n) is 17.5. The minimum Gasteiger partial charge on any atom is -0.329 e. The number of nitrogens with one attached hydrogen (secondary N) is 1. The minimum atomic E-state index is -0.476. The van der Waals surface area contributed by atoms with Crippen molar-refractivity contribution in [3.63, 3.8) is 0 Å². The zero-order valence-corrected chi connectivity index (χ0v) is 18.3. The van der Waals surface area contributed by atoms with E-state index in [1.165, 1.54) is 0 Å². The van der Waals surface area contributed by atoms with E-state index in [-0.39, 0.29) is 17.9 Å². The molecule has 0 unspecified atom stereocenters. The van der Waals surface area contributed by atoms with Gasteiger partial charge in [-0.3, -0.25) is 9.59 Å². The van der Waals surface area contributed by atoms with Gasteiger partial charge in [-0.1, -0.05) is 56.3 Å². The summed E-state index contributed by atoms with van der Waals surface area (Å²) in [4.78, 5) is 30.0. The Morgan fingerprint density at radius 1 is 1.07 bits per heavy atom. The maximum Gasteiger partial charge on any atom is 0.254 e. The molecule has 30 heavy (non-hydrogen) atoms. The first-order valence-electron chi connectivity index (χ1n) is 10.3. The Labute approximate surface area is 181 Å². The van der Waals surface area contributed by atoms with Crippen LogP contribution in [0.1, 0.15) is 52.2 Å². The van der Waals surface area contributed by atoms with Crippen molar-refractivity contribution in [3.8, 4) is 0 Å². The van der Waals surface area contributed by atoms with Crippen LogP contribution in [0.2, 0.25) is 0 Å². The van der Waals surface area contributed by atoms with Crippen LogP contribution in [0.5, 0.6) is 0 Å². The minimum absolute atomic E-state index is 0.00218. The zero-order chi connectivity index (χ0) is 21.3. The lowest BCUT2D eigenvalue weighted by Crippen LogP contribution is -2.47. The summed E-state index contributed by atoms with van der Waals surface area (Å²) in [6.07, 6.45) is 0. The second-order valence-corrected chi connectivity index (χ2v) is 9.16. The molecular weight excluding hydrogens is 392 g/mol. The number of thiophene rings is 1. The van der Waals surface area contributed by atoms with Crippen LogP contribution < -0.4 is 5.32 Å². The van der Waals surface area contributed by atoms with Crippen molar-refractivity contribution in [2.45, 2.75) is 32.7 Å². The van der Waals surface area contributed by atoms with Crippen LogP contribution in [-0.2, 0) is 4.79 Å². The van der Waals surface area contributed by atoms with E-state index in [0.29, 0.717) is 18.0 Å². The molecule has 1 aliphatic heterocycles. The van der Waals surface area contributed by atoms with E-state index in [2.05, 4.69) is 19.2 Å². The van der Waals surface area contributed by atoms with E-state index >= 15 is 0 Å². The first-order valence-corrected chi connectivity index (χ1v) is 11.1. The molecule has 4 nitrogen and oxygen atoms in total. The molecule has 0 aliphatic carbocycles. The Kier molecular flexibility index (Phi) is 5.73. The molecule has 2 aromatic carbocycles. The first kappa shape index (κ1) is 20.4. The second-order valence-electron chi connectivity index (χ2n) is 8.18. The highest BCUT2D eigenvalue weighted by Gasteiger charge is 2.44. The Morgan fingerprint density at radius 3 is 2.50 bits per heavy atom. The molecule has 4 rings (SSSR count). The first-order chi connectivity index (χ1) is 14.5. The van der Waals surface area contributed by atoms with Crippen molar-refractivity contribution in [1.82, 2.24) is 4.90 Å². The molecule has 3 aromatic rings. The van der Waals surface area contributed by atoms with Crippen LogP contribution in [0.15, 0.2) is 66.0 Å². The summed E-state index contributed by atoms with van der Waals surface area (Å²) in [5.74, 6) is -0.272. The predicted octanol–water partition coefficient (Wildman–Crippen LogP) is 5.63. The number of carbonyl (C=O) groups is 2. The fourth-order valence-corrected chi connectivity index (χ4v) is 5.04. The highest BCUT2D eigenvalue weighted by molar-refractivity contribution is 7.10. The summed E-state index contributed by atoms with van der Waals surface area (Å²) in [6.45, 7) is 6.78. The molecule has 0 spiro atoms. The summed E-state index contributed by atoms with van der Waals surface area (Å²) in [5, 5.41) is 5.13. The number of rotatable bonds is 5. The summed E-state index contributed by atoms with van der Waals surface area (Å²) >= 11 is 1.59. The monoisotopic (exact) mass is 418 g/mol. The molecular formula is C25H26N2O2S. The standard InChI is InChI=1S/C25H26N2O2S/c1-16(2)15-27-23(21-13-8-14-30-21)22(18-10-5-6-11-19(18)25(27)29)24(28)26-20-12-7-4-9-17(20)3/h4-14,16,22-23H,15H2,1-3H3,(H,26,28)/t22-,23+/m0/s1. The van der Waals surface area contributed by atoms with Gasteiger partial charge in [-0.15, -0.1) is 11.3 Å². The maximum atomic E-state index is 13.7. The van der Waals surface area contributed by atoms with Crippen LogP contribution in [0.25, 0.3) is 0 Å². The SMILES string of the molecule is Cc1ccccc1NC(=O)[C@H]1c2ccccc2C(=O)N(CC(C)C)[C@@H]1c1cccs1. The van der Waals surface area contributed by atoms with E-state index in [9.17, 15) is 9.59 Å². The number of carbonyl (C=O) groups excluding carboxylic acids is 2. The Balaban J connectivity index is 1.83. The highest BCUT2D eigenvalue weighted by Crippen LogP contribution is 2.45. The predicted molar refractivity (Wildman–Crippen MR) is 122 cm³/mol. The fraction of sp³-hybridized carbons (Fsp3) is 0.280. The molecule has 0 bridgehead atoms. The topological polar surface area (TPSA) is 49.4 Å². The normalized spacial score (nSPS) is 18.4. The van der Waals surface area contributed by atoms with Gasteiger partial charge in [0.1, 0.15) is 0 Å². The van der Waals surface area contributed by atoms with E-state index in [1.807, 2.05) is 77.9 Å². The lowest BCUT2D eigenvalue weighted by molar-refractivity contribution is -0.119. The second kappa shape index (κ2) is 8.44. The van der Waals surface area contributed by atoms with Crippen LogP contribution in [0, 0.1) is 12.8 Å². The largest absolute Gasteiger partial charge is 0.329 e.